The lowest BCUT2D eigenvalue weighted by Crippen LogP contribution is -1.68. The van der Waals surface area contributed by atoms with Crippen molar-refractivity contribution in [1.29, 1.82) is 0 Å². The zero-order valence-corrected chi connectivity index (χ0v) is 7.27. The van der Waals surface area contributed by atoms with Gasteiger partial charge in [0.25, 0.3) is 0 Å². The number of allylic oxidation sites excluding steroid dienone is 2. The summed E-state index contributed by atoms with van der Waals surface area (Å²) < 4.78 is 0. The van der Waals surface area contributed by atoms with Crippen molar-refractivity contribution in [2.75, 3.05) is 0 Å². The van der Waals surface area contributed by atoms with Crippen molar-refractivity contribution in [2.45, 2.75) is 13.3 Å². The molecule has 0 spiro atoms. The summed E-state index contributed by atoms with van der Waals surface area (Å²) in [5, 5.41) is 0. The fourth-order valence-electron chi connectivity index (χ4n) is 0.869. The van der Waals surface area contributed by atoms with Gasteiger partial charge in [-0.05, 0) is 19.1 Å². The van der Waals surface area contributed by atoms with Crippen molar-refractivity contribution in [2.24, 2.45) is 4.99 Å². The monoisotopic (exact) mass is 159 g/mol. The van der Waals surface area contributed by atoms with Crippen LogP contribution in [0.3, 0.4) is 0 Å². The quantitative estimate of drug-likeness (QED) is 0.473. The van der Waals surface area contributed by atoms with Crippen LogP contribution in [0.5, 0.6) is 0 Å². The first-order valence-electron chi connectivity index (χ1n) is 4.12. The lowest BCUT2D eigenvalue weighted by atomic mass is 10.3. The van der Waals surface area contributed by atoms with Crippen molar-refractivity contribution in [3.63, 3.8) is 0 Å². The number of benzene rings is 1. The van der Waals surface area contributed by atoms with Gasteiger partial charge in [-0.15, -0.1) is 0 Å². The SMILES string of the molecule is C/C=C\CC=Nc1ccccc1. The minimum absolute atomic E-state index is 0.908. The Labute approximate surface area is 73.5 Å². The Morgan fingerprint density at radius 3 is 2.67 bits per heavy atom. The molecule has 0 amide bonds. The second kappa shape index (κ2) is 5.30. The Hall–Kier alpha value is -1.37. The van der Waals surface area contributed by atoms with Crippen LogP contribution in [-0.4, -0.2) is 6.21 Å². The van der Waals surface area contributed by atoms with Gasteiger partial charge in [0, 0.05) is 12.6 Å². The van der Waals surface area contributed by atoms with Crippen LogP contribution in [-0.2, 0) is 0 Å². The molecule has 1 aromatic carbocycles. The van der Waals surface area contributed by atoms with Crippen molar-refractivity contribution in [3.05, 3.63) is 42.5 Å². The molecule has 1 nitrogen and oxygen atoms in total. The van der Waals surface area contributed by atoms with E-state index in [9.17, 15) is 0 Å². The van der Waals surface area contributed by atoms with E-state index in [1.54, 1.807) is 0 Å². The fourth-order valence-corrected chi connectivity index (χ4v) is 0.869. The predicted octanol–water partition coefficient (Wildman–Crippen LogP) is 3.36. The third kappa shape index (κ3) is 3.15. The van der Waals surface area contributed by atoms with Crippen LogP contribution in [0.15, 0.2) is 47.5 Å². The minimum atomic E-state index is 0.908. The molecule has 0 saturated carbocycles. The summed E-state index contributed by atoms with van der Waals surface area (Å²) in [6.45, 7) is 2.01. The van der Waals surface area contributed by atoms with Gasteiger partial charge in [0.1, 0.15) is 0 Å². The molecule has 0 bridgehead atoms. The largest absolute Gasteiger partial charge is 0.261 e. The number of hydrogen-bond acceptors (Lipinski definition) is 1. The predicted molar refractivity (Wildman–Crippen MR) is 54.0 cm³/mol. The molecule has 0 saturated heterocycles. The second-order valence-corrected chi connectivity index (χ2v) is 2.45. The lowest BCUT2D eigenvalue weighted by Gasteiger charge is -1.88. The van der Waals surface area contributed by atoms with Crippen molar-refractivity contribution < 1.29 is 0 Å². The zero-order chi connectivity index (χ0) is 8.65. The third-order valence-corrected chi connectivity index (χ3v) is 1.47. The molecule has 62 valence electrons. The summed E-state index contributed by atoms with van der Waals surface area (Å²) in [5.41, 5.74) is 1.02. The van der Waals surface area contributed by atoms with E-state index in [1.165, 1.54) is 0 Å². The van der Waals surface area contributed by atoms with Gasteiger partial charge in [-0.25, -0.2) is 0 Å². The molecule has 0 aliphatic carbocycles. The second-order valence-electron chi connectivity index (χ2n) is 2.45. The molecule has 0 aliphatic rings. The average molecular weight is 159 g/mol. The maximum absolute atomic E-state index is 4.27. The highest BCUT2D eigenvalue weighted by Crippen LogP contribution is 2.08. The van der Waals surface area contributed by atoms with Gasteiger partial charge in [0.2, 0.25) is 0 Å². The summed E-state index contributed by atoms with van der Waals surface area (Å²) in [6, 6.07) is 9.95. The Morgan fingerprint density at radius 1 is 1.25 bits per heavy atom. The zero-order valence-electron chi connectivity index (χ0n) is 7.27. The minimum Gasteiger partial charge on any atom is -0.261 e. The Morgan fingerprint density at radius 2 is 2.00 bits per heavy atom. The van der Waals surface area contributed by atoms with E-state index in [1.807, 2.05) is 49.5 Å². The number of nitrogens with zero attached hydrogens (tertiary/aromatic N) is 1. The maximum atomic E-state index is 4.27. The molecule has 12 heavy (non-hydrogen) atoms. The maximum Gasteiger partial charge on any atom is 0.0625 e. The van der Waals surface area contributed by atoms with E-state index < -0.39 is 0 Å². The van der Waals surface area contributed by atoms with Crippen LogP contribution >= 0.6 is 0 Å². The lowest BCUT2D eigenvalue weighted by molar-refractivity contribution is 1.44. The molecule has 0 aliphatic heterocycles. The van der Waals surface area contributed by atoms with Crippen LogP contribution < -0.4 is 0 Å². The van der Waals surface area contributed by atoms with E-state index in [0.29, 0.717) is 0 Å². The highest BCUT2D eigenvalue weighted by atomic mass is 14.7. The average Bonchev–Trinajstić information content (AvgIpc) is 2.14. The normalized spacial score (nSPS) is 11.4. The van der Waals surface area contributed by atoms with Crippen LogP contribution in [0.2, 0.25) is 0 Å². The molecule has 1 rings (SSSR count). The molecule has 0 aromatic heterocycles. The van der Waals surface area contributed by atoms with Crippen LogP contribution in [0.1, 0.15) is 13.3 Å². The number of para-hydroxylation sites is 1. The molecule has 0 unspecified atom stereocenters. The molecule has 0 fully saturated rings. The van der Waals surface area contributed by atoms with Crippen LogP contribution in [0.25, 0.3) is 0 Å². The van der Waals surface area contributed by atoms with Gasteiger partial charge >= 0.3 is 0 Å². The smallest absolute Gasteiger partial charge is 0.0625 e. The Balaban J connectivity index is 2.47. The summed E-state index contributed by atoms with van der Waals surface area (Å²) in [7, 11) is 0. The molecule has 0 radical (unpaired) electrons. The molecule has 0 N–H and O–H groups in total. The first-order valence-corrected chi connectivity index (χ1v) is 4.12. The molecule has 1 heteroatoms. The van der Waals surface area contributed by atoms with E-state index in [2.05, 4.69) is 11.1 Å². The highest BCUT2D eigenvalue weighted by molar-refractivity contribution is 5.64. The Kier molecular flexibility index (Phi) is 3.86. The number of rotatable bonds is 3. The summed E-state index contributed by atoms with van der Waals surface area (Å²) in [4.78, 5) is 4.27. The molecular formula is C11H13N. The fraction of sp³-hybridized carbons (Fsp3) is 0.182. The topological polar surface area (TPSA) is 12.4 Å². The van der Waals surface area contributed by atoms with E-state index in [4.69, 9.17) is 0 Å². The van der Waals surface area contributed by atoms with Crippen molar-refractivity contribution >= 4 is 11.9 Å². The van der Waals surface area contributed by atoms with Gasteiger partial charge < -0.3 is 0 Å². The number of aliphatic imine (C=N–C) groups is 1. The molecule has 0 heterocycles. The highest BCUT2D eigenvalue weighted by Gasteiger charge is 1.80. The number of hydrogen-bond donors (Lipinski definition) is 0. The van der Waals surface area contributed by atoms with Crippen LogP contribution in [0.4, 0.5) is 5.69 Å². The van der Waals surface area contributed by atoms with Crippen molar-refractivity contribution in [3.8, 4) is 0 Å². The third-order valence-electron chi connectivity index (χ3n) is 1.47. The van der Waals surface area contributed by atoms with Crippen LogP contribution in [0, 0.1) is 0 Å². The summed E-state index contributed by atoms with van der Waals surface area (Å²) in [5.74, 6) is 0. The van der Waals surface area contributed by atoms with Gasteiger partial charge in [0.15, 0.2) is 0 Å². The first-order chi connectivity index (χ1) is 5.93. The summed E-state index contributed by atoms with van der Waals surface area (Å²) in [6.07, 6.45) is 6.92. The van der Waals surface area contributed by atoms with Gasteiger partial charge in [-0.1, -0.05) is 30.4 Å². The summed E-state index contributed by atoms with van der Waals surface area (Å²) >= 11 is 0. The van der Waals surface area contributed by atoms with E-state index >= 15 is 0 Å². The van der Waals surface area contributed by atoms with Gasteiger partial charge in [0.05, 0.1) is 5.69 Å². The van der Waals surface area contributed by atoms with Crippen molar-refractivity contribution in [1.82, 2.24) is 0 Å². The van der Waals surface area contributed by atoms with Gasteiger partial charge in [-0.2, -0.15) is 0 Å². The van der Waals surface area contributed by atoms with E-state index in [-0.39, 0.29) is 0 Å². The standard InChI is InChI=1S/C11H13N/c1-2-3-7-10-12-11-8-5-4-6-9-11/h2-6,8-10H,7H2,1H3/b3-2-,12-10?. The Bertz CT molecular complexity index is 260. The first kappa shape index (κ1) is 8.72. The van der Waals surface area contributed by atoms with E-state index in [0.717, 1.165) is 12.1 Å². The molecule has 1 aromatic rings. The molecule has 0 atom stereocenters. The van der Waals surface area contributed by atoms with Gasteiger partial charge in [-0.3, -0.25) is 4.99 Å². The molecular weight excluding hydrogens is 146 g/mol.